The van der Waals surface area contributed by atoms with E-state index in [2.05, 4.69) is 10.3 Å². The molecule has 1 fully saturated rings. The number of halogens is 1. The molecule has 0 radical (unpaired) electrons. The number of anilines is 1. The molecule has 0 bridgehead atoms. The summed E-state index contributed by atoms with van der Waals surface area (Å²) < 4.78 is 19.1. The highest BCUT2D eigenvalue weighted by atomic mass is 19.1. The SMILES string of the molecule is Cc1c(/C=C2\C(=O)Nc3ccc(F)cc32)[nH]c2c1C(=O)N(C[C@H](O)N1CCOCC1)CCC2.O=C(O)CC(O)C(=O)O. The number of carbonyl (C=O) groups excluding carboxylic acids is 2. The Bertz CT molecular complexity index is 1400. The minimum Gasteiger partial charge on any atom is -0.481 e. The molecular formula is C28H33FN4O9. The van der Waals surface area contributed by atoms with Crippen LogP contribution in [0.25, 0.3) is 11.6 Å². The zero-order valence-corrected chi connectivity index (χ0v) is 22.9. The van der Waals surface area contributed by atoms with Crippen LogP contribution in [0.3, 0.4) is 0 Å². The number of aryl methyl sites for hydroxylation is 1. The Labute approximate surface area is 240 Å². The fourth-order valence-electron chi connectivity index (χ4n) is 5.07. The molecule has 42 heavy (non-hydrogen) atoms. The first-order valence-electron chi connectivity index (χ1n) is 13.4. The summed E-state index contributed by atoms with van der Waals surface area (Å²) in [5.41, 5.74) is 4.25. The molecule has 2 aromatic rings. The van der Waals surface area contributed by atoms with Gasteiger partial charge in [0.15, 0.2) is 6.10 Å². The Morgan fingerprint density at radius 2 is 1.86 bits per heavy atom. The molecule has 1 aromatic heterocycles. The van der Waals surface area contributed by atoms with Gasteiger partial charge in [-0.2, -0.15) is 0 Å². The van der Waals surface area contributed by atoms with Crippen LogP contribution in [0.4, 0.5) is 10.1 Å². The lowest BCUT2D eigenvalue weighted by atomic mass is 10.0. The first kappa shape index (κ1) is 30.8. The van der Waals surface area contributed by atoms with E-state index in [0.717, 1.165) is 17.7 Å². The number of H-pyrrole nitrogens is 1. The van der Waals surface area contributed by atoms with Gasteiger partial charge in [0.2, 0.25) is 0 Å². The number of β-amino-alcohol motifs (C(OH)–C–C–N with tert-alkyl or cyclic N) is 1. The van der Waals surface area contributed by atoms with Crippen LogP contribution in [0.1, 0.15) is 45.7 Å². The van der Waals surface area contributed by atoms with Crippen LogP contribution in [0.15, 0.2) is 18.2 Å². The lowest BCUT2D eigenvalue weighted by Gasteiger charge is -2.34. The fraction of sp³-hybridized carbons (Fsp3) is 0.429. The van der Waals surface area contributed by atoms with Crippen LogP contribution >= 0.6 is 0 Å². The number of carbonyl (C=O) groups is 4. The Hall–Kier alpha value is -4.11. The molecule has 1 unspecified atom stereocenters. The van der Waals surface area contributed by atoms with Gasteiger partial charge in [-0.3, -0.25) is 19.3 Å². The number of carboxylic acids is 2. The van der Waals surface area contributed by atoms with Gasteiger partial charge in [0.1, 0.15) is 12.0 Å². The molecule has 2 atom stereocenters. The Morgan fingerprint density at radius 3 is 2.50 bits per heavy atom. The highest BCUT2D eigenvalue weighted by Crippen LogP contribution is 2.35. The number of hydrogen-bond acceptors (Lipinski definition) is 8. The van der Waals surface area contributed by atoms with Gasteiger partial charge in [0.05, 0.1) is 37.3 Å². The van der Waals surface area contributed by atoms with E-state index in [0.29, 0.717) is 67.4 Å². The first-order valence-corrected chi connectivity index (χ1v) is 13.4. The van der Waals surface area contributed by atoms with Crippen molar-refractivity contribution in [1.82, 2.24) is 14.8 Å². The summed E-state index contributed by atoms with van der Waals surface area (Å²) in [5, 5.41) is 37.6. The predicted octanol–water partition coefficient (Wildman–Crippen LogP) is 0.901. The number of carboxylic acid groups (broad SMARTS) is 2. The van der Waals surface area contributed by atoms with Crippen molar-refractivity contribution in [3.05, 3.63) is 52.1 Å². The molecule has 5 rings (SSSR count). The number of hydrogen-bond donors (Lipinski definition) is 6. The van der Waals surface area contributed by atoms with Crippen LogP contribution in [-0.4, -0.2) is 111 Å². The number of benzene rings is 1. The molecule has 4 heterocycles. The van der Waals surface area contributed by atoms with Gasteiger partial charge >= 0.3 is 11.9 Å². The van der Waals surface area contributed by atoms with Crippen molar-refractivity contribution in [2.24, 2.45) is 0 Å². The van der Waals surface area contributed by atoms with Crippen LogP contribution in [0.2, 0.25) is 0 Å². The average Bonchev–Trinajstić information content (AvgIpc) is 3.37. The van der Waals surface area contributed by atoms with Crippen molar-refractivity contribution in [3.8, 4) is 0 Å². The maximum Gasteiger partial charge on any atom is 0.333 e. The van der Waals surface area contributed by atoms with Crippen molar-refractivity contribution in [2.75, 3.05) is 44.7 Å². The van der Waals surface area contributed by atoms with E-state index < -0.39 is 36.5 Å². The largest absolute Gasteiger partial charge is 0.481 e. The quantitative estimate of drug-likeness (QED) is 0.253. The lowest BCUT2D eigenvalue weighted by molar-refractivity contribution is -0.152. The summed E-state index contributed by atoms with van der Waals surface area (Å²) in [6.45, 7) is 5.07. The van der Waals surface area contributed by atoms with E-state index in [1.54, 1.807) is 17.0 Å². The summed E-state index contributed by atoms with van der Waals surface area (Å²) in [6.07, 6.45) is -0.150. The second-order valence-electron chi connectivity index (χ2n) is 10.2. The number of rotatable bonds is 7. The molecule has 2 amide bonds. The molecular weight excluding hydrogens is 555 g/mol. The van der Waals surface area contributed by atoms with Crippen molar-refractivity contribution < 1.29 is 48.7 Å². The molecule has 6 N–H and O–H groups in total. The molecule has 0 spiro atoms. The number of aliphatic carboxylic acids is 2. The summed E-state index contributed by atoms with van der Waals surface area (Å²) in [4.78, 5) is 52.3. The third-order valence-electron chi connectivity index (χ3n) is 7.28. The van der Waals surface area contributed by atoms with Gasteiger partial charge in [0.25, 0.3) is 11.8 Å². The molecule has 3 aliphatic heterocycles. The molecule has 3 aliphatic rings. The highest BCUT2D eigenvalue weighted by molar-refractivity contribution is 6.34. The number of aliphatic hydroxyl groups is 2. The Balaban J connectivity index is 0.000000392. The van der Waals surface area contributed by atoms with Crippen LogP contribution < -0.4 is 5.32 Å². The fourth-order valence-corrected chi connectivity index (χ4v) is 5.07. The van der Waals surface area contributed by atoms with Gasteiger partial charge < -0.3 is 40.4 Å². The maximum atomic E-state index is 13.8. The third kappa shape index (κ3) is 7.02. The molecule has 14 heteroatoms. The number of nitrogens with one attached hydrogen (secondary N) is 2. The van der Waals surface area contributed by atoms with Crippen LogP contribution in [0.5, 0.6) is 0 Å². The Morgan fingerprint density at radius 1 is 1.14 bits per heavy atom. The maximum absolute atomic E-state index is 13.8. The van der Waals surface area contributed by atoms with Crippen molar-refractivity contribution in [2.45, 2.75) is 38.5 Å². The number of aliphatic hydroxyl groups excluding tert-OH is 2. The minimum atomic E-state index is -1.79. The molecule has 1 aromatic carbocycles. The van der Waals surface area contributed by atoms with Gasteiger partial charge in [-0.25, -0.2) is 9.18 Å². The average molecular weight is 589 g/mol. The van der Waals surface area contributed by atoms with Crippen molar-refractivity contribution in [3.63, 3.8) is 0 Å². The molecule has 0 aliphatic carbocycles. The number of nitrogens with zero attached hydrogens (tertiary/aromatic N) is 2. The van der Waals surface area contributed by atoms with E-state index in [1.165, 1.54) is 12.1 Å². The summed E-state index contributed by atoms with van der Waals surface area (Å²) >= 11 is 0. The zero-order valence-electron chi connectivity index (χ0n) is 22.9. The van der Waals surface area contributed by atoms with Gasteiger partial charge in [-0.1, -0.05) is 0 Å². The monoisotopic (exact) mass is 588 g/mol. The highest BCUT2D eigenvalue weighted by Gasteiger charge is 2.31. The summed E-state index contributed by atoms with van der Waals surface area (Å²) in [5.74, 6) is -3.70. The van der Waals surface area contributed by atoms with E-state index in [-0.39, 0.29) is 18.4 Å². The molecule has 226 valence electrons. The first-order chi connectivity index (χ1) is 20.0. The molecule has 13 nitrogen and oxygen atoms in total. The standard InChI is InChI=1S/C24H27FN4O4.C4H6O5/c1-14-20(12-17-16-11-15(25)4-5-18(16)27-23(17)31)26-19-3-2-6-29(24(32)22(14)19)13-21(30)28-7-9-33-10-8-28;5-2(4(8)9)1-3(6)7/h4-5,11-12,21,26,30H,2-3,6-10,13H2,1H3,(H,27,31);2,5H,1H2,(H,6,7)(H,8,9)/b17-12-;/t21-;/m0./s1. The zero-order chi connectivity index (χ0) is 30.6. The van der Waals surface area contributed by atoms with E-state index in [4.69, 9.17) is 20.1 Å². The predicted molar refractivity (Wildman–Crippen MR) is 147 cm³/mol. The normalized spacial score (nSPS) is 19.2. The van der Waals surface area contributed by atoms with Crippen LogP contribution in [0, 0.1) is 12.7 Å². The Kier molecular flexibility index (Phi) is 9.73. The van der Waals surface area contributed by atoms with E-state index in [1.807, 2.05) is 11.8 Å². The second-order valence-corrected chi connectivity index (χ2v) is 10.2. The van der Waals surface area contributed by atoms with Gasteiger partial charge in [0, 0.05) is 42.3 Å². The number of aromatic amines is 1. The molecule has 0 saturated carbocycles. The van der Waals surface area contributed by atoms with Crippen molar-refractivity contribution >= 4 is 41.1 Å². The smallest absolute Gasteiger partial charge is 0.333 e. The topological polar surface area (TPSA) is 193 Å². The van der Waals surface area contributed by atoms with Gasteiger partial charge in [-0.15, -0.1) is 0 Å². The number of fused-ring (bicyclic) bond motifs is 2. The second kappa shape index (κ2) is 13.2. The van der Waals surface area contributed by atoms with E-state index >= 15 is 0 Å². The number of aromatic nitrogens is 1. The van der Waals surface area contributed by atoms with Crippen LogP contribution in [-0.2, 0) is 25.5 Å². The lowest BCUT2D eigenvalue weighted by Crippen LogP contribution is -2.50. The number of amides is 2. The summed E-state index contributed by atoms with van der Waals surface area (Å²) in [6, 6.07) is 4.19. The van der Waals surface area contributed by atoms with E-state index in [9.17, 15) is 28.7 Å². The number of morpholine rings is 1. The number of ether oxygens (including phenoxy) is 1. The summed E-state index contributed by atoms with van der Waals surface area (Å²) in [7, 11) is 0. The minimum absolute atomic E-state index is 0.129. The van der Waals surface area contributed by atoms with Crippen molar-refractivity contribution in [1.29, 1.82) is 0 Å². The third-order valence-corrected chi connectivity index (χ3v) is 7.28. The van der Waals surface area contributed by atoms with Gasteiger partial charge in [-0.05, 0) is 49.6 Å². The molecule has 1 saturated heterocycles.